The van der Waals surface area contributed by atoms with Crippen molar-refractivity contribution in [3.05, 3.63) is 54.9 Å². The molecule has 0 saturated carbocycles. The third-order valence-corrected chi connectivity index (χ3v) is 4.56. The number of rotatable bonds is 5. The first kappa shape index (κ1) is 16.5. The summed E-state index contributed by atoms with van der Waals surface area (Å²) in [7, 11) is -3.90. The highest BCUT2D eigenvalue weighted by molar-refractivity contribution is 7.90. The van der Waals surface area contributed by atoms with Crippen molar-refractivity contribution in [2.75, 3.05) is 10.9 Å². The third-order valence-electron chi connectivity index (χ3n) is 3.25. The van der Waals surface area contributed by atoms with E-state index in [4.69, 9.17) is 11.5 Å². The molecule has 0 saturated heterocycles. The van der Waals surface area contributed by atoms with Gasteiger partial charge in [0.25, 0.3) is 10.0 Å². The minimum atomic E-state index is -3.90. The van der Waals surface area contributed by atoms with Gasteiger partial charge in [-0.2, -0.15) is 8.42 Å². The molecule has 2 aromatic carbocycles. The first-order valence-corrected chi connectivity index (χ1v) is 8.57. The number of hydrogen-bond acceptors (Lipinski definition) is 6. The van der Waals surface area contributed by atoms with E-state index in [1.165, 1.54) is 18.5 Å². The molecule has 128 valence electrons. The molecule has 3 rings (SSSR count). The Morgan fingerprint density at radius 3 is 2.40 bits per heavy atom. The summed E-state index contributed by atoms with van der Waals surface area (Å²) in [6.45, 7) is 0. The molecule has 0 fully saturated rings. The van der Waals surface area contributed by atoms with E-state index < -0.39 is 16.0 Å². The van der Waals surface area contributed by atoms with Crippen molar-refractivity contribution in [1.82, 2.24) is 9.97 Å². The first-order valence-electron chi connectivity index (χ1n) is 7.13. The predicted molar refractivity (Wildman–Crippen MR) is 96.2 cm³/mol. The van der Waals surface area contributed by atoms with Gasteiger partial charge in [-0.05, 0) is 36.4 Å². The average molecular weight is 357 g/mol. The largest absolute Gasteiger partial charge is 0.369 e. The lowest BCUT2D eigenvalue weighted by Crippen LogP contribution is -2.24. The summed E-state index contributed by atoms with van der Waals surface area (Å²) in [5, 5.41) is 0.851. The van der Waals surface area contributed by atoms with Crippen LogP contribution in [-0.4, -0.2) is 24.3 Å². The minimum Gasteiger partial charge on any atom is -0.369 e. The van der Waals surface area contributed by atoms with Gasteiger partial charge >= 0.3 is 0 Å². The Labute approximate surface area is 143 Å². The second kappa shape index (κ2) is 6.61. The molecule has 6 N–H and O–H groups in total. The van der Waals surface area contributed by atoms with Crippen LogP contribution in [0, 0.1) is 0 Å². The Balaban J connectivity index is 1.77. The molecule has 0 aliphatic rings. The van der Waals surface area contributed by atoms with E-state index in [2.05, 4.69) is 25.2 Å². The highest BCUT2D eigenvalue weighted by Gasteiger charge is 2.12. The molecule has 3 aromatic rings. The molecular weight excluding hydrogens is 342 g/mol. The van der Waals surface area contributed by atoms with Crippen molar-refractivity contribution in [1.29, 1.82) is 0 Å². The normalized spacial score (nSPS) is 11.0. The maximum atomic E-state index is 11.9. The van der Waals surface area contributed by atoms with Crippen LogP contribution in [0.5, 0.6) is 0 Å². The summed E-state index contributed by atoms with van der Waals surface area (Å²) in [4.78, 5) is 8.35. The van der Waals surface area contributed by atoms with Gasteiger partial charge in [-0.15, -0.1) is 4.40 Å². The number of sulfonamides is 1. The van der Waals surface area contributed by atoms with Gasteiger partial charge in [-0.3, -0.25) is 10.9 Å². The second-order valence-electron chi connectivity index (χ2n) is 5.01. The van der Waals surface area contributed by atoms with Gasteiger partial charge in [0.15, 0.2) is 5.82 Å². The summed E-state index contributed by atoms with van der Waals surface area (Å²) >= 11 is 0. The zero-order valence-corrected chi connectivity index (χ0v) is 13.7. The van der Waals surface area contributed by atoms with Gasteiger partial charge in [0.1, 0.15) is 6.33 Å². The molecule has 10 heteroatoms. The molecule has 0 unspecified atom stereocenters. The summed E-state index contributed by atoms with van der Waals surface area (Å²) < 4.78 is 27.0. The molecule has 25 heavy (non-hydrogen) atoms. The second-order valence-corrected chi connectivity index (χ2v) is 6.61. The van der Waals surface area contributed by atoms with Gasteiger partial charge in [0.2, 0.25) is 5.96 Å². The molecule has 0 atom stereocenters. The van der Waals surface area contributed by atoms with Crippen LogP contribution in [0.1, 0.15) is 0 Å². The quantitative estimate of drug-likeness (QED) is 0.300. The molecule has 0 amide bonds. The van der Waals surface area contributed by atoms with Crippen molar-refractivity contribution in [3.63, 3.8) is 0 Å². The number of nitrogens with one attached hydrogen (secondary N) is 2. The van der Waals surface area contributed by atoms with Crippen molar-refractivity contribution in [2.45, 2.75) is 4.90 Å². The van der Waals surface area contributed by atoms with Gasteiger partial charge in [0.05, 0.1) is 16.1 Å². The third kappa shape index (κ3) is 3.75. The Morgan fingerprint density at radius 1 is 0.960 bits per heavy atom. The van der Waals surface area contributed by atoms with E-state index in [1.807, 2.05) is 24.3 Å². The Morgan fingerprint density at radius 2 is 1.68 bits per heavy atom. The number of nitrogens with two attached hydrogens (primary N) is 2. The number of nitrogens with zero attached hydrogens (tertiary/aromatic N) is 3. The van der Waals surface area contributed by atoms with Crippen molar-refractivity contribution in [2.24, 2.45) is 15.9 Å². The number of aromatic nitrogens is 2. The molecule has 0 radical (unpaired) electrons. The fourth-order valence-corrected chi connectivity index (χ4v) is 3.00. The number of para-hydroxylation sites is 1. The topological polar surface area (TPSA) is 148 Å². The van der Waals surface area contributed by atoms with Crippen LogP contribution in [0.4, 0.5) is 11.5 Å². The van der Waals surface area contributed by atoms with Gasteiger partial charge < -0.3 is 11.5 Å². The van der Waals surface area contributed by atoms with Crippen LogP contribution in [0.2, 0.25) is 0 Å². The number of guanidine groups is 1. The molecule has 1 heterocycles. The van der Waals surface area contributed by atoms with Gasteiger partial charge in [-0.25, -0.2) is 9.97 Å². The summed E-state index contributed by atoms with van der Waals surface area (Å²) in [5.41, 5.74) is 17.6. The lowest BCUT2D eigenvalue weighted by atomic mass is 10.2. The van der Waals surface area contributed by atoms with Crippen LogP contribution in [0.3, 0.4) is 0 Å². The molecule has 0 bridgehead atoms. The molecule has 0 aliphatic heterocycles. The SMILES string of the molecule is NC(N)=NS(=O)(=O)c1ccc(NNc2ncnc3ccccc23)cc1. The summed E-state index contributed by atoms with van der Waals surface area (Å²) in [6, 6.07) is 13.5. The molecule has 9 nitrogen and oxygen atoms in total. The number of fused-ring (bicyclic) bond motifs is 1. The van der Waals surface area contributed by atoms with E-state index in [1.54, 1.807) is 12.1 Å². The fraction of sp³-hybridized carbons (Fsp3) is 0. The van der Waals surface area contributed by atoms with E-state index >= 15 is 0 Å². The van der Waals surface area contributed by atoms with Crippen LogP contribution >= 0.6 is 0 Å². The van der Waals surface area contributed by atoms with E-state index in [0.717, 1.165) is 10.9 Å². The lowest BCUT2D eigenvalue weighted by molar-refractivity contribution is 0.598. The van der Waals surface area contributed by atoms with Gasteiger partial charge in [-0.1, -0.05) is 12.1 Å². The van der Waals surface area contributed by atoms with Crippen LogP contribution in [0.15, 0.2) is 64.2 Å². The monoisotopic (exact) mass is 357 g/mol. The smallest absolute Gasteiger partial charge is 0.285 e. The minimum absolute atomic E-state index is 0.0149. The van der Waals surface area contributed by atoms with Crippen LogP contribution < -0.4 is 22.3 Å². The number of hydrazine groups is 1. The highest BCUT2D eigenvalue weighted by atomic mass is 32.2. The zero-order valence-electron chi connectivity index (χ0n) is 12.9. The molecule has 0 spiro atoms. The lowest BCUT2D eigenvalue weighted by Gasteiger charge is -2.11. The van der Waals surface area contributed by atoms with E-state index in [9.17, 15) is 8.42 Å². The maximum absolute atomic E-state index is 11.9. The standard InChI is InChI=1S/C15H15N7O2S/c16-15(17)22-25(23,24)11-7-5-10(6-8-11)20-21-14-12-3-1-2-4-13(12)18-9-19-14/h1-9,20H,(H4,16,17,22)(H,18,19,21). The Kier molecular flexibility index (Phi) is 4.35. The highest BCUT2D eigenvalue weighted by Crippen LogP contribution is 2.20. The molecule has 0 aliphatic carbocycles. The Hall–Kier alpha value is -3.40. The van der Waals surface area contributed by atoms with Crippen molar-refractivity contribution in [3.8, 4) is 0 Å². The van der Waals surface area contributed by atoms with Crippen LogP contribution in [-0.2, 0) is 10.0 Å². The number of benzene rings is 2. The summed E-state index contributed by atoms with van der Waals surface area (Å²) in [5.74, 6) is 0.0855. The molecular formula is C15H15N7O2S. The van der Waals surface area contributed by atoms with Crippen molar-refractivity contribution < 1.29 is 8.42 Å². The maximum Gasteiger partial charge on any atom is 0.285 e. The zero-order chi connectivity index (χ0) is 17.9. The molecule has 1 aromatic heterocycles. The van der Waals surface area contributed by atoms with Gasteiger partial charge in [0, 0.05) is 5.39 Å². The average Bonchev–Trinajstić information content (AvgIpc) is 2.59. The number of anilines is 2. The summed E-state index contributed by atoms with van der Waals surface area (Å²) in [6.07, 6.45) is 1.46. The van der Waals surface area contributed by atoms with E-state index in [-0.39, 0.29) is 4.90 Å². The van der Waals surface area contributed by atoms with Crippen molar-refractivity contribution >= 4 is 38.4 Å². The number of hydrogen-bond donors (Lipinski definition) is 4. The first-order chi connectivity index (χ1) is 12.0. The predicted octanol–water partition coefficient (Wildman–Crippen LogP) is 1.03. The Bertz CT molecular complexity index is 1020. The van der Waals surface area contributed by atoms with Crippen LogP contribution in [0.25, 0.3) is 10.9 Å². The fourth-order valence-electron chi connectivity index (χ4n) is 2.14. The van der Waals surface area contributed by atoms with E-state index in [0.29, 0.717) is 11.5 Å².